The van der Waals surface area contributed by atoms with Crippen LogP contribution in [0.25, 0.3) is 0 Å². The molecule has 1 aromatic heterocycles. The molecule has 0 saturated heterocycles. The Hall–Kier alpha value is -1.09. The molecule has 0 spiro atoms. The van der Waals surface area contributed by atoms with Gasteiger partial charge in [0.2, 0.25) is 0 Å². The third kappa shape index (κ3) is 2.97. The van der Waals surface area contributed by atoms with Crippen molar-refractivity contribution in [3.8, 4) is 0 Å². The molecule has 0 unspecified atom stereocenters. The Labute approximate surface area is 104 Å². The van der Waals surface area contributed by atoms with Crippen LogP contribution in [0.1, 0.15) is 32.4 Å². The summed E-state index contributed by atoms with van der Waals surface area (Å²) in [5, 5.41) is 7.73. The summed E-state index contributed by atoms with van der Waals surface area (Å²) in [4.78, 5) is 0. The minimum absolute atomic E-state index is 0.706. The molecule has 0 bridgehead atoms. The Morgan fingerprint density at radius 1 is 1.53 bits per heavy atom. The smallest absolute Gasteiger partial charge is 0.0518 e. The molecule has 3 heteroatoms. The summed E-state index contributed by atoms with van der Waals surface area (Å²) < 4.78 is 1.93. The van der Waals surface area contributed by atoms with E-state index >= 15 is 0 Å². The van der Waals surface area contributed by atoms with E-state index in [2.05, 4.69) is 36.4 Å². The molecule has 3 nitrogen and oxygen atoms in total. The second-order valence-corrected chi connectivity index (χ2v) is 5.19. The first-order chi connectivity index (χ1) is 8.18. The van der Waals surface area contributed by atoms with Crippen LogP contribution in [-0.4, -0.2) is 16.3 Å². The Morgan fingerprint density at radius 2 is 2.35 bits per heavy atom. The summed E-state index contributed by atoms with van der Waals surface area (Å²) in [6.07, 6.45) is 6.84. The van der Waals surface area contributed by atoms with Crippen LogP contribution in [-0.2, 0) is 13.6 Å². The summed E-state index contributed by atoms with van der Waals surface area (Å²) in [7, 11) is 1.99. The maximum absolute atomic E-state index is 4.18. The minimum Gasteiger partial charge on any atom is -0.311 e. The molecule has 1 aromatic rings. The lowest BCUT2D eigenvalue weighted by Crippen LogP contribution is -2.29. The van der Waals surface area contributed by atoms with Gasteiger partial charge in [-0.15, -0.1) is 0 Å². The number of aryl methyl sites for hydroxylation is 1. The first-order valence-electron chi connectivity index (χ1n) is 6.52. The van der Waals surface area contributed by atoms with Crippen molar-refractivity contribution < 1.29 is 0 Å². The van der Waals surface area contributed by atoms with Gasteiger partial charge < -0.3 is 5.32 Å². The standard InChI is InChI=1S/C14H23N3/c1-11-5-4-6-12(2)14(11)10-15-9-13-7-8-16-17(13)3/h5,7-8,12,14-15H,4,6,9-10H2,1-3H3/t12-,14+/m1/s1. The lowest BCUT2D eigenvalue weighted by atomic mass is 9.80. The summed E-state index contributed by atoms with van der Waals surface area (Å²) in [5.74, 6) is 1.51. The van der Waals surface area contributed by atoms with Crippen LogP contribution < -0.4 is 5.32 Å². The van der Waals surface area contributed by atoms with Crippen molar-refractivity contribution in [2.45, 2.75) is 33.2 Å². The van der Waals surface area contributed by atoms with E-state index in [1.54, 1.807) is 5.57 Å². The molecule has 17 heavy (non-hydrogen) atoms. The topological polar surface area (TPSA) is 29.9 Å². The molecule has 2 rings (SSSR count). The van der Waals surface area contributed by atoms with Crippen LogP contribution >= 0.6 is 0 Å². The van der Waals surface area contributed by atoms with E-state index in [0.29, 0.717) is 5.92 Å². The summed E-state index contributed by atoms with van der Waals surface area (Å²) in [6, 6.07) is 2.07. The molecule has 0 aliphatic heterocycles. The van der Waals surface area contributed by atoms with Crippen LogP contribution in [0.4, 0.5) is 0 Å². The van der Waals surface area contributed by atoms with E-state index in [0.717, 1.165) is 19.0 Å². The van der Waals surface area contributed by atoms with Crippen LogP contribution in [0.15, 0.2) is 23.9 Å². The highest BCUT2D eigenvalue weighted by molar-refractivity contribution is 5.09. The Morgan fingerprint density at radius 3 is 3.00 bits per heavy atom. The van der Waals surface area contributed by atoms with Gasteiger partial charge in [-0.3, -0.25) is 4.68 Å². The number of aromatic nitrogens is 2. The third-order valence-corrected chi connectivity index (χ3v) is 3.95. The van der Waals surface area contributed by atoms with Crippen molar-refractivity contribution in [1.29, 1.82) is 0 Å². The van der Waals surface area contributed by atoms with Gasteiger partial charge in [-0.1, -0.05) is 18.6 Å². The average molecular weight is 233 g/mol. The van der Waals surface area contributed by atoms with E-state index in [1.807, 2.05) is 17.9 Å². The second-order valence-electron chi connectivity index (χ2n) is 5.19. The third-order valence-electron chi connectivity index (χ3n) is 3.95. The van der Waals surface area contributed by atoms with E-state index in [1.165, 1.54) is 18.5 Å². The molecule has 2 atom stereocenters. The quantitative estimate of drug-likeness (QED) is 0.810. The molecule has 94 valence electrons. The molecular formula is C14H23N3. The molecular weight excluding hydrogens is 210 g/mol. The second kappa shape index (κ2) is 5.50. The maximum Gasteiger partial charge on any atom is 0.0518 e. The molecule has 0 amide bonds. The fourth-order valence-electron chi connectivity index (χ4n) is 2.67. The monoisotopic (exact) mass is 233 g/mol. The summed E-state index contributed by atoms with van der Waals surface area (Å²) in [6.45, 7) is 6.63. The molecule has 0 aromatic carbocycles. The van der Waals surface area contributed by atoms with Crippen LogP contribution in [0, 0.1) is 11.8 Å². The first-order valence-corrected chi connectivity index (χ1v) is 6.52. The summed E-state index contributed by atoms with van der Waals surface area (Å²) >= 11 is 0. The van der Waals surface area contributed by atoms with Gasteiger partial charge in [0, 0.05) is 26.3 Å². The zero-order valence-corrected chi connectivity index (χ0v) is 11.1. The van der Waals surface area contributed by atoms with Crippen LogP contribution in [0.2, 0.25) is 0 Å². The minimum atomic E-state index is 0.706. The Bertz CT molecular complexity index is 392. The van der Waals surface area contributed by atoms with Crippen LogP contribution in [0.3, 0.4) is 0 Å². The highest BCUT2D eigenvalue weighted by Crippen LogP contribution is 2.29. The van der Waals surface area contributed by atoms with Crippen molar-refractivity contribution in [2.24, 2.45) is 18.9 Å². The lowest BCUT2D eigenvalue weighted by molar-refractivity contribution is 0.348. The van der Waals surface area contributed by atoms with Gasteiger partial charge in [-0.2, -0.15) is 5.10 Å². The summed E-state index contributed by atoms with van der Waals surface area (Å²) in [5.41, 5.74) is 2.80. The predicted molar refractivity (Wildman–Crippen MR) is 70.6 cm³/mol. The number of nitrogens with zero attached hydrogens (tertiary/aromatic N) is 2. The number of nitrogens with one attached hydrogen (secondary N) is 1. The van der Waals surface area contributed by atoms with Gasteiger partial charge in [-0.05, 0) is 37.7 Å². The van der Waals surface area contributed by atoms with E-state index in [4.69, 9.17) is 0 Å². The van der Waals surface area contributed by atoms with E-state index in [-0.39, 0.29) is 0 Å². The first kappa shape index (κ1) is 12.4. The zero-order chi connectivity index (χ0) is 12.3. The highest BCUT2D eigenvalue weighted by Gasteiger charge is 2.21. The van der Waals surface area contributed by atoms with Crippen molar-refractivity contribution in [2.75, 3.05) is 6.54 Å². The average Bonchev–Trinajstić information content (AvgIpc) is 2.69. The normalized spacial score (nSPS) is 24.8. The van der Waals surface area contributed by atoms with Crippen molar-refractivity contribution in [3.05, 3.63) is 29.6 Å². The largest absolute Gasteiger partial charge is 0.311 e. The van der Waals surface area contributed by atoms with Gasteiger partial charge in [0.15, 0.2) is 0 Å². The van der Waals surface area contributed by atoms with Crippen molar-refractivity contribution in [3.63, 3.8) is 0 Å². The number of allylic oxidation sites excluding steroid dienone is 1. The van der Waals surface area contributed by atoms with E-state index in [9.17, 15) is 0 Å². The maximum atomic E-state index is 4.18. The van der Waals surface area contributed by atoms with Gasteiger partial charge in [-0.25, -0.2) is 0 Å². The predicted octanol–water partition coefficient (Wildman–Crippen LogP) is 2.50. The molecule has 0 fully saturated rings. The fraction of sp³-hybridized carbons (Fsp3) is 0.643. The number of hydrogen-bond acceptors (Lipinski definition) is 2. The van der Waals surface area contributed by atoms with Gasteiger partial charge in [0.05, 0.1) is 5.69 Å². The fourth-order valence-corrected chi connectivity index (χ4v) is 2.67. The SMILES string of the molecule is CC1=CCC[C@@H](C)[C@H]1CNCc1ccnn1C. The lowest BCUT2D eigenvalue weighted by Gasteiger charge is -2.29. The number of hydrogen-bond donors (Lipinski definition) is 1. The van der Waals surface area contributed by atoms with Crippen molar-refractivity contribution >= 4 is 0 Å². The molecule has 0 radical (unpaired) electrons. The van der Waals surface area contributed by atoms with Crippen molar-refractivity contribution in [1.82, 2.24) is 15.1 Å². The Balaban J connectivity index is 1.84. The van der Waals surface area contributed by atoms with Gasteiger partial charge in [0.25, 0.3) is 0 Å². The molecule has 1 aliphatic rings. The zero-order valence-electron chi connectivity index (χ0n) is 11.1. The van der Waals surface area contributed by atoms with Gasteiger partial charge >= 0.3 is 0 Å². The highest BCUT2D eigenvalue weighted by atomic mass is 15.3. The number of rotatable bonds is 4. The van der Waals surface area contributed by atoms with Gasteiger partial charge in [0.1, 0.15) is 0 Å². The Kier molecular flexibility index (Phi) is 4.00. The molecule has 1 aliphatic carbocycles. The molecule has 1 heterocycles. The molecule has 1 N–H and O–H groups in total. The van der Waals surface area contributed by atoms with Crippen LogP contribution in [0.5, 0.6) is 0 Å². The van der Waals surface area contributed by atoms with E-state index < -0.39 is 0 Å². The molecule has 0 saturated carbocycles.